The molecule has 0 saturated heterocycles. The highest BCUT2D eigenvalue weighted by molar-refractivity contribution is 5.91. The lowest BCUT2D eigenvalue weighted by atomic mass is 9.97. The first-order valence-corrected chi connectivity index (χ1v) is 12.2. The molecule has 0 unspecified atom stereocenters. The molecule has 0 aliphatic rings. The Morgan fingerprint density at radius 2 is 1.24 bits per heavy atom. The number of halogens is 4. The molecule has 0 amide bonds. The number of aryl methyl sites for hydroxylation is 2. The highest BCUT2D eigenvalue weighted by Crippen LogP contribution is 2.32. The SMILES string of the molecule is CCCCc1ccc(OC(=O)c2ccc(-c3ccc(-c4ccc(CC)cc4)c(F)c3F)cc2)c(F)c1F. The van der Waals surface area contributed by atoms with E-state index in [-0.39, 0.29) is 22.3 Å². The van der Waals surface area contributed by atoms with Crippen molar-refractivity contribution in [1.29, 1.82) is 0 Å². The Labute approximate surface area is 213 Å². The van der Waals surface area contributed by atoms with Crippen molar-refractivity contribution in [3.8, 4) is 28.0 Å². The second kappa shape index (κ2) is 11.4. The van der Waals surface area contributed by atoms with Gasteiger partial charge < -0.3 is 4.74 Å². The number of carbonyl (C=O) groups is 1. The van der Waals surface area contributed by atoms with Crippen molar-refractivity contribution in [3.63, 3.8) is 0 Å². The van der Waals surface area contributed by atoms with Gasteiger partial charge in [-0.25, -0.2) is 18.0 Å². The standard InChI is InChI=1S/C31H26F4O2/c1-3-5-6-22-15-18-26(30(35)27(22)32)37-31(36)23-13-11-21(12-14-23)25-17-16-24(28(33)29(25)34)20-9-7-19(4-2)8-10-20/h7-18H,3-6H2,1-2H3. The summed E-state index contributed by atoms with van der Waals surface area (Å²) >= 11 is 0. The molecule has 0 spiro atoms. The monoisotopic (exact) mass is 506 g/mol. The van der Waals surface area contributed by atoms with E-state index in [4.69, 9.17) is 4.74 Å². The van der Waals surface area contributed by atoms with E-state index < -0.39 is 35.0 Å². The molecule has 37 heavy (non-hydrogen) atoms. The van der Waals surface area contributed by atoms with E-state index in [0.717, 1.165) is 18.4 Å². The quantitative estimate of drug-likeness (QED) is 0.136. The molecular weight excluding hydrogens is 480 g/mol. The molecule has 190 valence electrons. The van der Waals surface area contributed by atoms with Gasteiger partial charge in [0.25, 0.3) is 0 Å². The molecule has 0 bridgehead atoms. The predicted octanol–water partition coefficient (Wildman–Crippen LogP) is 8.70. The molecule has 2 nitrogen and oxygen atoms in total. The normalized spacial score (nSPS) is 11.0. The van der Waals surface area contributed by atoms with Crippen LogP contribution in [0.2, 0.25) is 0 Å². The first kappa shape index (κ1) is 26.1. The third-order valence-corrected chi connectivity index (χ3v) is 6.32. The van der Waals surface area contributed by atoms with Crippen molar-refractivity contribution in [3.05, 3.63) is 113 Å². The maximum absolute atomic E-state index is 15.0. The minimum absolute atomic E-state index is 0.0297. The Morgan fingerprint density at radius 1 is 0.676 bits per heavy atom. The molecule has 0 aliphatic carbocycles. The molecule has 4 rings (SSSR count). The lowest BCUT2D eigenvalue weighted by molar-refractivity contribution is 0.0726. The van der Waals surface area contributed by atoms with Gasteiger partial charge in [0.15, 0.2) is 23.2 Å². The molecular formula is C31H26F4O2. The van der Waals surface area contributed by atoms with Crippen LogP contribution in [-0.4, -0.2) is 5.97 Å². The Morgan fingerprint density at radius 3 is 1.78 bits per heavy atom. The average Bonchev–Trinajstić information content (AvgIpc) is 2.92. The Hall–Kier alpha value is -3.93. The molecule has 0 aliphatic heterocycles. The summed E-state index contributed by atoms with van der Waals surface area (Å²) in [5.41, 5.74) is 2.46. The third kappa shape index (κ3) is 5.58. The number of rotatable bonds is 8. The van der Waals surface area contributed by atoms with Crippen molar-refractivity contribution >= 4 is 5.97 Å². The van der Waals surface area contributed by atoms with Crippen LogP contribution in [0.15, 0.2) is 72.8 Å². The van der Waals surface area contributed by atoms with Gasteiger partial charge in [0.2, 0.25) is 5.82 Å². The van der Waals surface area contributed by atoms with Crippen molar-refractivity contribution in [2.45, 2.75) is 39.5 Å². The summed E-state index contributed by atoms with van der Waals surface area (Å²) in [6.45, 7) is 3.96. The highest BCUT2D eigenvalue weighted by Gasteiger charge is 2.19. The zero-order valence-electron chi connectivity index (χ0n) is 20.6. The molecule has 4 aromatic carbocycles. The minimum Gasteiger partial charge on any atom is -0.420 e. The first-order chi connectivity index (χ1) is 17.8. The van der Waals surface area contributed by atoms with Crippen LogP contribution in [0.25, 0.3) is 22.3 Å². The minimum atomic E-state index is -1.22. The topological polar surface area (TPSA) is 26.3 Å². The highest BCUT2D eigenvalue weighted by atomic mass is 19.2. The van der Waals surface area contributed by atoms with Gasteiger partial charge in [-0.15, -0.1) is 0 Å². The summed E-state index contributed by atoms with van der Waals surface area (Å²) in [7, 11) is 0. The van der Waals surface area contributed by atoms with Crippen molar-refractivity contribution in [2.24, 2.45) is 0 Å². The number of ether oxygens (including phenoxy) is 1. The summed E-state index contributed by atoms with van der Waals surface area (Å²) in [5, 5.41) is 0. The molecule has 0 aromatic heterocycles. The lowest BCUT2D eigenvalue weighted by Gasteiger charge is -2.11. The van der Waals surface area contributed by atoms with Crippen LogP contribution in [0.5, 0.6) is 5.75 Å². The van der Waals surface area contributed by atoms with E-state index >= 15 is 0 Å². The van der Waals surface area contributed by atoms with E-state index in [0.29, 0.717) is 24.0 Å². The zero-order chi connectivity index (χ0) is 26.5. The third-order valence-electron chi connectivity index (χ3n) is 6.32. The maximum atomic E-state index is 15.0. The molecule has 0 saturated carbocycles. The number of hydrogen-bond acceptors (Lipinski definition) is 2. The summed E-state index contributed by atoms with van der Waals surface area (Å²) in [4.78, 5) is 12.5. The van der Waals surface area contributed by atoms with Crippen molar-refractivity contribution < 1.29 is 27.1 Å². The number of benzene rings is 4. The van der Waals surface area contributed by atoms with Crippen LogP contribution in [0, 0.1) is 23.3 Å². The van der Waals surface area contributed by atoms with E-state index in [2.05, 4.69) is 0 Å². The van der Waals surface area contributed by atoms with Gasteiger partial charge >= 0.3 is 5.97 Å². The summed E-state index contributed by atoms with van der Waals surface area (Å²) in [5.74, 6) is -5.64. The van der Waals surface area contributed by atoms with Crippen LogP contribution in [0.3, 0.4) is 0 Å². The van der Waals surface area contributed by atoms with E-state index in [1.165, 1.54) is 48.5 Å². The maximum Gasteiger partial charge on any atom is 0.343 e. The van der Waals surface area contributed by atoms with Crippen molar-refractivity contribution in [2.75, 3.05) is 0 Å². The van der Waals surface area contributed by atoms with Gasteiger partial charge in [-0.2, -0.15) is 4.39 Å². The van der Waals surface area contributed by atoms with Crippen LogP contribution in [0.4, 0.5) is 17.6 Å². The van der Waals surface area contributed by atoms with E-state index in [1.54, 1.807) is 12.1 Å². The Balaban J connectivity index is 1.52. The molecule has 0 fully saturated rings. The zero-order valence-corrected chi connectivity index (χ0v) is 20.6. The first-order valence-electron chi connectivity index (χ1n) is 12.2. The fraction of sp³-hybridized carbons (Fsp3) is 0.194. The van der Waals surface area contributed by atoms with Crippen LogP contribution in [-0.2, 0) is 12.8 Å². The van der Waals surface area contributed by atoms with Gasteiger partial charge in [-0.05, 0) is 59.7 Å². The number of unbranched alkanes of at least 4 members (excludes halogenated alkanes) is 1. The second-order valence-electron chi connectivity index (χ2n) is 8.76. The smallest absolute Gasteiger partial charge is 0.343 e. The molecule has 0 heterocycles. The van der Waals surface area contributed by atoms with Crippen LogP contribution >= 0.6 is 0 Å². The van der Waals surface area contributed by atoms with E-state index in [9.17, 15) is 22.4 Å². The fourth-order valence-electron chi connectivity index (χ4n) is 4.07. The molecule has 0 radical (unpaired) electrons. The molecule has 0 atom stereocenters. The lowest BCUT2D eigenvalue weighted by Crippen LogP contribution is -2.10. The van der Waals surface area contributed by atoms with Gasteiger partial charge in [0.1, 0.15) is 0 Å². The number of esters is 1. The number of carbonyl (C=O) groups excluding carboxylic acids is 1. The molecule has 4 aromatic rings. The molecule has 0 N–H and O–H groups in total. The fourth-order valence-corrected chi connectivity index (χ4v) is 4.07. The average molecular weight is 507 g/mol. The predicted molar refractivity (Wildman–Crippen MR) is 137 cm³/mol. The largest absolute Gasteiger partial charge is 0.420 e. The number of hydrogen-bond donors (Lipinski definition) is 0. The summed E-state index contributed by atoms with van der Waals surface area (Å²) in [6, 6.07) is 18.5. The van der Waals surface area contributed by atoms with Crippen molar-refractivity contribution in [1.82, 2.24) is 0 Å². The van der Waals surface area contributed by atoms with E-state index in [1.807, 2.05) is 26.0 Å². The summed E-state index contributed by atoms with van der Waals surface area (Å²) in [6.07, 6.45) is 2.78. The second-order valence-corrected chi connectivity index (χ2v) is 8.76. The summed E-state index contributed by atoms with van der Waals surface area (Å²) < 4.78 is 63.6. The van der Waals surface area contributed by atoms with Gasteiger partial charge in [-0.3, -0.25) is 0 Å². The molecule has 6 heteroatoms. The Bertz CT molecular complexity index is 1410. The van der Waals surface area contributed by atoms with Gasteiger partial charge in [0, 0.05) is 11.1 Å². The van der Waals surface area contributed by atoms with Gasteiger partial charge in [0.05, 0.1) is 5.56 Å². The van der Waals surface area contributed by atoms with Gasteiger partial charge in [-0.1, -0.05) is 74.9 Å². The Kier molecular flexibility index (Phi) is 8.07. The van der Waals surface area contributed by atoms with Crippen LogP contribution < -0.4 is 4.74 Å². The van der Waals surface area contributed by atoms with Crippen LogP contribution in [0.1, 0.15) is 48.2 Å².